The van der Waals surface area contributed by atoms with E-state index < -0.39 is 0 Å². The Morgan fingerprint density at radius 2 is 0.565 bits per heavy atom. The van der Waals surface area contributed by atoms with E-state index in [0.717, 1.165) is 11.1 Å². The van der Waals surface area contributed by atoms with Crippen LogP contribution < -0.4 is 0 Å². The second kappa shape index (κ2) is 10.8. The summed E-state index contributed by atoms with van der Waals surface area (Å²) in [6.45, 7) is 0. The van der Waals surface area contributed by atoms with Crippen LogP contribution in [0, 0.1) is 0 Å². The number of fused-ring (bicyclic) bond motifs is 4. The molecule has 46 heavy (non-hydrogen) atoms. The Bertz CT molecular complexity index is 2330. The molecule has 0 aliphatic rings. The molecule has 0 aliphatic heterocycles. The average Bonchev–Trinajstić information content (AvgIpc) is 3.14. The van der Waals surface area contributed by atoms with E-state index in [4.69, 9.17) is 0 Å². The van der Waals surface area contributed by atoms with Gasteiger partial charge in [-0.15, -0.1) is 0 Å². The van der Waals surface area contributed by atoms with Crippen molar-refractivity contribution < 1.29 is 0 Å². The molecule has 0 atom stereocenters. The van der Waals surface area contributed by atoms with Crippen molar-refractivity contribution in [3.63, 3.8) is 0 Å². The van der Waals surface area contributed by atoms with Crippen LogP contribution >= 0.6 is 0 Å². The second-order valence-corrected chi connectivity index (χ2v) is 11.7. The summed E-state index contributed by atoms with van der Waals surface area (Å²) in [5, 5.41) is 9.90. The normalized spacial score (nSPS) is 11.5. The monoisotopic (exact) mass is 584 g/mol. The Morgan fingerprint density at radius 3 is 0.891 bits per heavy atom. The van der Waals surface area contributed by atoms with Gasteiger partial charge in [0.15, 0.2) is 0 Å². The van der Waals surface area contributed by atoms with Crippen LogP contribution in [0.1, 0.15) is 0 Å². The summed E-state index contributed by atoms with van der Waals surface area (Å²) >= 11 is 0. The third-order valence-electron chi connectivity index (χ3n) is 9.26. The molecule has 7 aromatic carbocycles. The predicted molar refractivity (Wildman–Crippen MR) is 194 cm³/mol. The van der Waals surface area contributed by atoms with Gasteiger partial charge in [-0.1, -0.05) is 133 Å². The van der Waals surface area contributed by atoms with Crippen LogP contribution in [0.15, 0.2) is 170 Å². The van der Waals surface area contributed by atoms with Crippen molar-refractivity contribution in [2.75, 3.05) is 0 Å². The number of hydrogen-bond donors (Lipinski definition) is 0. The first-order valence-electron chi connectivity index (χ1n) is 15.7. The molecule has 214 valence electrons. The smallest absolute Gasteiger partial charge is 0.0346 e. The molecular formula is C44H28N2. The standard InChI is InChI=1S/C44H28N2/c1-3-15-35-33(13-1)31(29-11-9-25-45-27-29)21-23-41(35)43-37-17-5-7-19-39(37)44(40-20-8-6-18-38(40)43)42-24-22-32(30-12-10-26-46-28-30)34-14-2-4-16-36(34)42/h1-28H. The Labute approximate surface area is 267 Å². The van der Waals surface area contributed by atoms with Crippen LogP contribution in [-0.4, -0.2) is 9.97 Å². The fourth-order valence-corrected chi connectivity index (χ4v) is 7.29. The van der Waals surface area contributed by atoms with Crippen LogP contribution in [0.5, 0.6) is 0 Å². The lowest BCUT2D eigenvalue weighted by Gasteiger charge is -2.21. The van der Waals surface area contributed by atoms with Gasteiger partial charge in [0, 0.05) is 35.9 Å². The van der Waals surface area contributed by atoms with Crippen LogP contribution in [0.25, 0.3) is 87.6 Å². The van der Waals surface area contributed by atoms with Crippen molar-refractivity contribution in [3.8, 4) is 44.5 Å². The van der Waals surface area contributed by atoms with E-state index in [-0.39, 0.29) is 0 Å². The van der Waals surface area contributed by atoms with Gasteiger partial charge < -0.3 is 0 Å². The summed E-state index contributed by atoms with van der Waals surface area (Å²) in [6.07, 6.45) is 7.56. The Morgan fingerprint density at radius 1 is 0.261 bits per heavy atom. The van der Waals surface area contributed by atoms with E-state index in [1.165, 1.54) is 76.5 Å². The number of pyridine rings is 2. The fraction of sp³-hybridized carbons (Fsp3) is 0. The van der Waals surface area contributed by atoms with Crippen LogP contribution in [0.2, 0.25) is 0 Å². The molecule has 0 aliphatic carbocycles. The van der Waals surface area contributed by atoms with Gasteiger partial charge in [-0.25, -0.2) is 0 Å². The first kappa shape index (κ1) is 26.3. The van der Waals surface area contributed by atoms with E-state index in [9.17, 15) is 0 Å². The molecule has 0 amide bonds. The molecule has 0 N–H and O–H groups in total. The van der Waals surface area contributed by atoms with Crippen LogP contribution in [0.4, 0.5) is 0 Å². The quantitative estimate of drug-likeness (QED) is 0.192. The van der Waals surface area contributed by atoms with E-state index in [2.05, 4.69) is 143 Å². The van der Waals surface area contributed by atoms with E-state index in [1.807, 2.05) is 36.9 Å². The molecule has 0 bridgehead atoms. The highest BCUT2D eigenvalue weighted by Crippen LogP contribution is 2.48. The Balaban J connectivity index is 1.37. The van der Waals surface area contributed by atoms with Gasteiger partial charge in [0.25, 0.3) is 0 Å². The maximum absolute atomic E-state index is 4.41. The van der Waals surface area contributed by atoms with Crippen molar-refractivity contribution >= 4 is 43.1 Å². The van der Waals surface area contributed by atoms with Gasteiger partial charge in [-0.2, -0.15) is 0 Å². The lowest BCUT2D eigenvalue weighted by atomic mass is 9.82. The van der Waals surface area contributed by atoms with Crippen LogP contribution in [0.3, 0.4) is 0 Å². The van der Waals surface area contributed by atoms with E-state index in [0.29, 0.717) is 0 Å². The van der Waals surface area contributed by atoms with Crippen molar-refractivity contribution in [1.82, 2.24) is 9.97 Å². The topological polar surface area (TPSA) is 25.8 Å². The minimum atomic E-state index is 1.12. The third kappa shape index (κ3) is 4.12. The number of benzene rings is 7. The molecule has 0 radical (unpaired) electrons. The molecule has 2 heteroatoms. The first-order valence-corrected chi connectivity index (χ1v) is 15.7. The molecule has 9 rings (SSSR count). The van der Waals surface area contributed by atoms with Crippen molar-refractivity contribution in [2.24, 2.45) is 0 Å². The molecule has 0 saturated heterocycles. The van der Waals surface area contributed by atoms with Crippen molar-refractivity contribution in [1.29, 1.82) is 0 Å². The van der Waals surface area contributed by atoms with E-state index in [1.54, 1.807) is 0 Å². The number of nitrogens with zero attached hydrogens (tertiary/aromatic N) is 2. The molecule has 2 nitrogen and oxygen atoms in total. The Hall–Kier alpha value is -6.12. The highest BCUT2D eigenvalue weighted by Gasteiger charge is 2.20. The zero-order chi connectivity index (χ0) is 30.5. The lowest BCUT2D eigenvalue weighted by Crippen LogP contribution is -1.93. The molecule has 9 aromatic rings. The van der Waals surface area contributed by atoms with Crippen LogP contribution in [-0.2, 0) is 0 Å². The maximum atomic E-state index is 4.41. The van der Waals surface area contributed by atoms with Gasteiger partial charge in [-0.3, -0.25) is 9.97 Å². The highest BCUT2D eigenvalue weighted by molar-refractivity contribution is 6.26. The number of rotatable bonds is 4. The van der Waals surface area contributed by atoms with Gasteiger partial charge in [0.05, 0.1) is 0 Å². The lowest BCUT2D eigenvalue weighted by molar-refractivity contribution is 1.33. The summed E-state index contributed by atoms with van der Waals surface area (Å²) in [7, 11) is 0. The molecule has 2 heterocycles. The molecule has 2 aromatic heterocycles. The fourth-order valence-electron chi connectivity index (χ4n) is 7.29. The molecule has 0 unspecified atom stereocenters. The minimum Gasteiger partial charge on any atom is -0.264 e. The predicted octanol–water partition coefficient (Wildman–Crippen LogP) is 11.8. The zero-order valence-corrected chi connectivity index (χ0v) is 25.1. The van der Waals surface area contributed by atoms with Gasteiger partial charge >= 0.3 is 0 Å². The maximum Gasteiger partial charge on any atom is 0.0346 e. The Kier molecular flexibility index (Phi) is 6.17. The third-order valence-corrected chi connectivity index (χ3v) is 9.26. The highest BCUT2D eigenvalue weighted by atomic mass is 14.6. The summed E-state index contributed by atoms with van der Waals surface area (Å²) in [5.74, 6) is 0. The van der Waals surface area contributed by atoms with Gasteiger partial charge in [-0.05, 0) is 88.6 Å². The summed E-state index contributed by atoms with van der Waals surface area (Å²) < 4.78 is 0. The first-order chi connectivity index (χ1) is 22.9. The largest absolute Gasteiger partial charge is 0.264 e. The zero-order valence-electron chi connectivity index (χ0n) is 25.1. The average molecular weight is 585 g/mol. The number of hydrogen-bond acceptors (Lipinski definition) is 2. The SMILES string of the molecule is c1cncc(-c2ccc(-c3c4ccccc4c(-c4ccc(-c5cccnc5)c5ccccc45)c4ccccc34)c3ccccc23)c1. The molecule has 0 spiro atoms. The van der Waals surface area contributed by atoms with Gasteiger partial charge in [0.2, 0.25) is 0 Å². The minimum absolute atomic E-state index is 1.12. The summed E-state index contributed by atoms with van der Waals surface area (Å²) in [6, 6.07) is 52.8. The second-order valence-electron chi connectivity index (χ2n) is 11.7. The van der Waals surface area contributed by atoms with E-state index >= 15 is 0 Å². The summed E-state index contributed by atoms with van der Waals surface area (Å²) in [5.41, 5.74) is 9.63. The molecule has 0 fully saturated rings. The molecule has 0 saturated carbocycles. The van der Waals surface area contributed by atoms with Crippen molar-refractivity contribution in [3.05, 3.63) is 170 Å². The molecular weight excluding hydrogens is 556 g/mol. The van der Waals surface area contributed by atoms with Crippen molar-refractivity contribution in [2.45, 2.75) is 0 Å². The number of aromatic nitrogens is 2. The summed E-state index contributed by atoms with van der Waals surface area (Å²) in [4.78, 5) is 8.82. The van der Waals surface area contributed by atoms with Gasteiger partial charge in [0.1, 0.15) is 0 Å².